The minimum Gasteiger partial charge on any atom is -0.598 e. The van der Waals surface area contributed by atoms with Crippen LogP contribution in [0.4, 0.5) is 4.39 Å². The first kappa shape index (κ1) is 22.9. The van der Waals surface area contributed by atoms with Crippen molar-refractivity contribution in [2.45, 2.75) is 38.0 Å². The van der Waals surface area contributed by atoms with Crippen molar-refractivity contribution in [1.29, 1.82) is 0 Å². The molecule has 166 valence electrons. The lowest BCUT2D eigenvalue weighted by atomic mass is 9.94. The van der Waals surface area contributed by atoms with Crippen molar-refractivity contribution in [2.24, 2.45) is 0 Å². The SMILES string of the molecule is CC(C)(C)[S@+]([O-])N[C@@H](Cc1cccc(F)n1)c1ccccc1-c1noc2cc(Br)ccc12. The second-order valence-electron chi connectivity index (χ2n) is 8.47. The minimum absolute atomic E-state index is 0.359. The highest BCUT2D eigenvalue weighted by Crippen LogP contribution is 2.35. The van der Waals surface area contributed by atoms with Gasteiger partial charge in [0.2, 0.25) is 5.95 Å². The molecular weight excluding hydrogens is 493 g/mol. The Morgan fingerprint density at radius 1 is 1.12 bits per heavy atom. The molecule has 2 aromatic heterocycles. The van der Waals surface area contributed by atoms with Gasteiger partial charge in [-0.2, -0.15) is 4.39 Å². The third-order valence-electron chi connectivity index (χ3n) is 5.02. The zero-order valence-electron chi connectivity index (χ0n) is 17.9. The molecule has 2 heterocycles. The summed E-state index contributed by atoms with van der Waals surface area (Å²) in [6, 6.07) is 17.9. The topological polar surface area (TPSA) is 74.0 Å². The van der Waals surface area contributed by atoms with Gasteiger partial charge in [-0.15, -0.1) is 4.72 Å². The maximum absolute atomic E-state index is 13.8. The Bertz CT molecular complexity index is 1240. The predicted molar refractivity (Wildman–Crippen MR) is 129 cm³/mol. The number of aromatic nitrogens is 2. The van der Waals surface area contributed by atoms with Gasteiger partial charge in [0.05, 0.1) is 6.04 Å². The molecule has 0 spiro atoms. The first-order valence-corrected chi connectivity index (χ1v) is 12.1. The van der Waals surface area contributed by atoms with E-state index in [-0.39, 0.29) is 6.04 Å². The summed E-state index contributed by atoms with van der Waals surface area (Å²) in [6.45, 7) is 5.72. The molecule has 5 nitrogen and oxygen atoms in total. The number of rotatable bonds is 6. The molecule has 1 N–H and O–H groups in total. The van der Waals surface area contributed by atoms with Crippen molar-refractivity contribution in [3.8, 4) is 11.3 Å². The predicted octanol–water partition coefficient (Wildman–Crippen LogP) is 6.13. The molecule has 2 atom stereocenters. The molecule has 0 unspecified atom stereocenters. The Morgan fingerprint density at radius 2 is 1.91 bits per heavy atom. The van der Waals surface area contributed by atoms with Crippen LogP contribution in [0, 0.1) is 5.95 Å². The normalized spacial score (nSPS) is 13.9. The van der Waals surface area contributed by atoms with Crippen LogP contribution in [0.1, 0.15) is 38.1 Å². The highest BCUT2D eigenvalue weighted by molar-refractivity contribution is 9.10. The number of pyridine rings is 1. The van der Waals surface area contributed by atoms with Gasteiger partial charge in [-0.05, 0) is 56.7 Å². The Hall–Kier alpha value is -2.26. The first-order chi connectivity index (χ1) is 15.2. The summed E-state index contributed by atoms with van der Waals surface area (Å²) in [6.07, 6.45) is 0.359. The highest BCUT2D eigenvalue weighted by Gasteiger charge is 2.31. The van der Waals surface area contributed by atoms with Crippen LogP contribution in [-0.2, 0) is 17.8 Å². The fraction of sp³-hybridized carbons (Fsp3) is 0.250. The summed E-state index contributed by atoms with van der Waals surface area (Å²) >= 11 is 2.10. The van der Waals surface area contributed by atoms with Gasteiger partial charge in [-0.3, -0.25) is 0 Å². The third kappa shape index (κ3) is 5.04. The van der Waals surface area contributed by atoms with Gasteiger partial charge in [-0.1, -0.05) is 51.4 Å². The van der Waals surface area contributed by atoms with E-state index in [4.69, 9.17) is 4.52 Å². The Morgan fingerprint density at radius 3 is 2.66 bits per heavy atom. The van der Waals surface area contributed by atoms with Crippen LogP contribution in [0.15, 0.2) is 69.7 Å². The zero-order valence-corrected chi connectivity index (χ0v) is 20.3. The standard InChI is InChI=1S/C24H23BrFN3O2S/c1-24(2,3)32(30)29-20(14-16-7-6-10-22(26)27-16)17-8-4-5-9-18(17)23-19-12-11-15(25)13-21(19)31-28-23/h4-13,20,29H,14H2,1-3H3/t20-,32-/m0/s1. The molecule has 0 aliphatic heterocycles. The Balaban J connectivity index is 1.80. The van der Waals surface area contributed by atoms with Gasteiger partial charge in [0.1, 0.15) is 10.4 Å². The van der Waals surface area contributed by atoms with Crippen molar-refractivity contribution < 1.29 is 13.5 Å². The summed E-state index contributed by atoms with van der Waals surface area (Å²) in [7, 11) is 0. The fourth-order valence-corrected chi connectivity index (χ4v) is 4.58. The fourth-order valence-electron chi connectivity index (χ4n) is 3.42. The van der Waals surface area contributed by atoms with Gasteiger partial charge in [-0.25, -0.2) is 4.98 Å². The van der Waals surface area contributed by atoms with E-state index in [0.717, 1.165) is 21.0 Å². The lowest BCUT2D eigenvalue weighted by Crippen LogP contribution is -2.42. The lowest BCUT2D eigenvalue weighted by molar-refractivity contribution is 0.459. The van der Waals surface area contributed by atoms with Crippen LogP contribution in [-0.4, -0.2) is 19.4 Å². The number of hydrogen-bond acceptors (Lipinski definition) is 5. The van der Waals surface area contributed by atoms with Gasteiger partial charge < -0.3 is 9.08 Å². The Kier molecular flexibility index (Phi) is 6.67. The highest BCUT2D eigenvalue weighted by atomic mass is 79.9. The molecule has 2 aromatic carbocycles. The number of benzene rings is 2. The maximum Gasteiger partial charge on any atom is 0.213 e. The summed E-state index contributed by atoms with van der Waals surface area (Å²) in [4.78, 5) is 4.02. The van der Waals surface area contributed by atoms with Gasteiger partial charge >= 0.3 is 0 Å². The van der Waals surface area contributed by atoms with E-state index in [1.165, 1.54) is 6.07 Å². The van der Waals surface area contributed by atoms with Crippen LogP contribution in [0.5, 0.6) is 0 Å². The molecule has 0 bridgehead atoms. The summed E-state index contributed by atoms with van der Waals surface area (Å²) in [5, 5.41) is 5.20. The molecular formula is C24H23BrFN3O2S. The number of nitrogens with zero attached hydrogens (tertiary/aromatic N) is 2. The number of hydrogen-bond donors (Lipinski definition) is 1. The average molecular weight is 516 g/mol. The van der Waals surface area contributed by atoms with Gasteiger partial charge in [0.25, 0.3) is 0 Å². The van der Waals surface area contributed by atoms with E-state index in [1.54, 1.807) is 12.1 Å². The van der Waals surface area contributed by atoms with Crippen LogP contribution >= 0.6 is 15.9 Å². The molecule has 0 aliphatic carbocycles. The zero-order chi connectivity index (χ0) is 22.9. The van der Waals surface area contributed by atoms with Crippen LogP contribution in [0.3, 0.4) is 0 Å². The Labute approximate surface area is 197 Å². The number of fused-ring (bicyclic) bond motifs is 1. The van der Waals surface area contributed by atoms with Gasteiger partial charge in [0.15, 0.2) is 5.58 Å². The summed E-state index contributed by atoms with van der Waals surface area (Å²) in [5.74, 6) is -0.542. The van der Waals surface area contributed by atoms with E-state index >= 15 is 0 Å². The van der Waals surface area contributed by atoms with Crippen molar-refractivity contribution in [1.82, 2.24) is 14.9 Å². The molecule has 4 rings (SSSR count). The van der Waals surface area contributed by atoms with Crippen molar-refractivity contribution in [3.05, 3.63) is 82.3 Å². The van der Waals surface area contributed by atoms with Crippen molar-refractivity contribution >= 4 is 38.3 Å². The summed E-state index contributed by atoms with van der Waals surface area (Å²) in [5.41, 5.74) is 3.67. The molecule has 0 aliphatic rings. The van der Waals surface area contributed by atoms with E-state index in [9.17, 15) is 8.94 Å². The molecule has 8 heteroatoms. The number of nitrogens with one attached hydrogen (secondary N) is 1. The molecule has 0 fully saturated rings. The quantitative estimate of drug-likeness (QED) is 0.247. The van der Waals surface area contributed by atoms with Crippen LogP contribution < -0.4 is 4.72 Å². The molecule has 0 amide bonds. The number of halogens is 2. The minimum atomic E-state index is -1.35. The largest absolute Gasteiger partial charge is 0.598 e. The maximum atomic E-state index is 13.8. The van der Waals surface area contributed by atoms with E-state index in [2.05, 4.69) is 30.8 Å². The second-order valence-corrected chi connectivity index (χ2v) is 11.4. The second kappa shape index (κ2) is 9.31. The van der Waals surface area contributed by atoms with E-state index in [1.807, 2.05) is 63.2 Å². The van der Waals surface area contributed by atoms with Crippen LogP contribution in [0.25, 0.3) is 22.2 Å². The molecule has 0 saturated carbocycles. The monoisotopic (exact) mass is 515 g/mol. The first-order valence-electron chi connectivity index (χ1n) is 10.2. The smallest absolute Gasteiger partial charge is 0.213 e. The van der Waals surface area contributed by atoms with E-state index < -0.39 is 22.1 Å². The molecule has 0 saturated heterocycles. The molecule has 4 aromatic rings. The average Bonchev–Trinajstić information content (AvgIpc) is 3.15. The van der Waals surface area contributed by atoms with Gasteiger partial charge in [0, 0.05) is 38.9 Å². The van der Waals surface area contributed by atoms with Crippen LogP contribution in [0.2, 0.25) is 0 Å². The third-order valence-corrected chi connectivity index (χ3v) is 7.12. The van der Waals surface area contributed by atoms with E-state index in [0.29, 0.717) is 23.4 Å². The molecule has 32 heavy (non-hydrogen) atoms. The molecule has 0 radical (unpaired) electrons. The van der Waals surface area contributed by atoms with Crippen molar-refractivity contribution in [3.63, 3.8) is 0 Å². The summed E-state index contributed by atoms with van der Waals surface area (Å²) < 4.78 is 36.0. The van der Waals surface area contributed by atoms with Crippen molar-refractivity contribution in [2.75, 3.05) is 0 Å². The lowest BCUT2D eigenvalue weighted by Gasteiger charge is -2.29.